The van der Waals surface area contributed by atoms with Crippen LogP contribution < -0.4 is 10.1 Å². The molecule has 0 aliphatic carbocycles. The van der Waals surface area contributed by atoms with Crippen LogP contribution in [-0.4, -0.2) is 23.4 Å². The summed E-state index contributed by atoms with van der Waals surface area (Å²) in [5.74, 6) is 0.669. The average Bonchev–Trinajstić information content (AvgIpc) is 2.26. The molecule has 0 bridgehead atoms. The second-order valence-electron chi connectivity index (χ2n) is 5.33. The number of nitrogens with one attached hydrogen (secondary N) is 1. The number of rotatable bonds is 4. The Kier molecular flexibility index (Phi) is 3.88. The molecule has 0 saturated carbocycles. The standard InChI is InChI=1S/C14H20N2O2/c1-13(2,14(3,4)17)16-12-8-11(18-5)7-6-10(12)9-15/h6-8,16-17H,1-5H3. The van der Waals surface area contributed by atoms with Crippen molar-refractivity contribution in [1.29, 1.82) is 5.26 Å². The van der Waals surface area contributed by atoms with Gasteiger partial charge < -0.3 is 15.2 Å². The second-order valence-corrected chi connectivity index (χ2v) is 5.33. The van der Waals surface area contributed by atoms with Crippen LogP contribution in [0.1, 0.15) is 33.3 Å². The summed E-state index contributed by atoms with van der Waals surface area (Å²) < 4.78 is 5.14. The first-order chi connectivity index (χ1) is 8.21. The van der Waals surface area contributed by atoms with Crippen molar-refractivity contribution in [3.05, 3.63) is 23.8 Å². The lowest BCUT2D eigenvalue weighted by molar-refractivity contribution is 0.0240. The third-order valence-corrected chi connectivity index (χ3v) is 3.32. The molecule has 18 heavy (non-hydrogen) atoms. The summed E-state index contributed by atoms with van der Waals surface area (Å²) in [6.45, 7) is 7.22. The van der Waals surface area contributed by atoms with E-state index in [1.54, 1.807) is 39.2 Å². The highest BCUT2D eigenvalue weighted by Gasteiger charge is 2.35. The minimum absolute atomic E-state index is 0.521. The molecule has 98 valence electrons. The topological polar surface area (TPSA) is 65.3 Å². The third-order valence-electron chi connectivity index (χ3n) is 3.32. The summed E-state index contributed by atoms with van der Waals surface area (Å²) in [7, 11) is 1.58. The average molecular weight is 248 g/mol. The molecule has 0 spiro atoms. The van der Waals surface area contributed by atoms with E-state index in [0.717, 1.165) is 0 Å². The largest absolute Gasteiger partial charge is 0.497 e. The van der Waals surface area contributed by atoms with E-state index in [2.05, 4.69) is 11.4 Å². The lowest BCUT2D eigenvalue weighted by Gasteiger charge is -2.39. The number of methoxy groups -OCH3 is 1. The van der Waals surface area contributed by atoms with Crippen molar-refractivity contribution < 1.29 is 9.84 Å². The van der Waals surface area contributed by atoms with Crippen molar-refractivity contribution in [2.75, 3.05) is 12.4 Å². The maximum atomic E-state index is 10.1. The monoisotopic (exact) mass is 248 g/mol. The Balaban J connectivity index is 3.14. The van der Waals surface area contributed by atoms with Crippen LogP contribution in [0.4, 0.5) is 5.69 Å². The quantitative estimate of drug-likeness (QED) is 0.859. The first-order valence-corrected chi connectivity index (χ1v) is 5.80. The second kappa shape index (κ2) is 4.87. The summed E-state index contributed by atoms with van der Waals surface area (Å²) in [4.78, 5) is 0. The fourth-order valence-electron chi connectivity index (χ4n) is 1.34. The molecule has 0 aromatic heterocycles. The number of ether oxygens (including phenoxy) is 1. The number of hydrogen-bond donors (Lipinski definition) is 2. The van der Waals surface area contributed by atoms with Gasteiger partial charge in [-0.3, -0.25) is 0 Å². The number of nitrogens with zero attached hydrogens (tertiary/aromatic N) is 1. The van der Waals surface area contributed by atoms with Gasteiger partial charge in [-0.1, -0.05) is 0 Å². The van der Waals surface area contributed by atoms with E-state index >= 15 is 0 Å². The minimum Gasteiger partial charge on any atom is -0.497 e. The first kappa shape index (κ1) is 14.3. The van der Waals surface area contributed by atoms with Crippen LogP contribution >= 0.6 is 0 Å². The lowest BCUT2D eigenvalue weighted by Crippen LogP contribution is -2.51. The normalized spacial score (nSPS) is 11.8. The molecule has 1 rings (SSSR count). The molecule has 1 aromatic carbocycles. The summed E-state index contributed by atoms with van der Waals surface area (Å²) in [5, 5.41) is 22.4. The van der Waals surface area contributed by atoms with Crippen LogP contribution in [0.5, 0.6) is 5.75 Å². The molecule has 0 atom stereocenters. The molecule has 0 aliphatic rings. The Labute approximate surface area is 108 Å². The van der Waals surface area contributed by atoms with Gasteiger partial charge in [-0.2, -0.15) is 5.26 Å². The Morgan fingerprint density at radius 2 is 1.89 bits per heavy atom. The van der Waals surface area contributed by atoms with Crippen LogP contribution in [0, 0.1) is 11.3 Å². The van der Waals surface area contributed by atoms with Gasteiger partial charge in [0.05, 0.1) is 29.5 Å². The van der Waals surface area contributed by atoms with E-state index in [4.69, 9.17) is 10.00 Å². The van der Waals surface area contributed by atoms with Gasteiger partial charge >= 0.3 is 0 Å². The number of benzene rings is 1. The highest BCUT2D eigenvalue weighted by Crippen LogP contribution is 2.29. The summed E-state index contributed by atoms with van der Waals surface area (Å²) in [6, 6.07) is 7.31. The van der Waals surface area contributed by atoms with Crippen molar-refractivity contribution in [1.82, 2.24) is 0 Å². The number of anilines is 1. The molecule has 2 N–H and O–H groups in total. The Morgan fingerprint density at radius 1 is 1.28 bits per heavy atom. The van der Waals surface area contributed by atoms with E-state index in [1.165, 1.54) is 0 Å². The van der Waals surface area contributed by atoms with Gasteiger partial charge in [0.15, 0.2) is 0 Å². The van der Waals surface area contributed by atoms with E-state index in [-0.39, 0.29) is 0 Å². The Hall–Kier alpha value is -1.73. The molecule has 4 nitrogen and oxygen atoms in total. The highest BCUT2D eigenvalue weighted by atomic mass is 16.5. The first-order valence-electron chi connectivity index (χ1n) is 5.80. The molecular weight excluding hydrogens is 228 g/mol. The van der Waals surface area contributed by atoms with Crippen LogP contribution in [0.25, 0.3) is 0 Å². The maximum Gasteiger partial charge on any atom is 0.121 e. The number of nitriles is 1. The molecular formula is C14H20N2O2. The van der Waals surface area contributed by atoms with Gasteiger partial charge in [0.25, 0.3) is 0 Å². The molecule has 0 saturated heterocycles. The zero-order valence-electron chi connectivity index (χ0n) is 11.5. The maximum absolute atomic E-state index is 10.1. The Morgan fingerprint density at radius 3 is 2.33 bits per heavy atom. The van der Waals surface area contributed by atoms with Crippen LogP contribution in [-0.2, 0) is 0 Å². The molecule has 0 radical (unpaired) electrons. The van der Waals surface area contributed by atoms with Crippen molar-refractivity contribution in [2.45, 2.75) is 38.8 Å². The van der Waals surface area contributed by atoms with E-state index in [1.807, 2.05) is 13.8 Å². The van der Waals surface area contributed by atoms with Crippen molar-refractivity contribution >= 4 is 5.69 Å². The molecule has 1 aromatic rings. The molecule has 0 heterocycles. The van der Waals surface area contributed by atoms with Gasteiger partial charge in [-0.15, -0.1) is 0 Å². The van der Waals surface area contributed by atoms with E-state index < -0.39 is 11.1 Å². The predicted octanol–water partition coefficient (Wildman–Crippen LogP) is 2.53. The van der Waals surface area contributed by atoms with Gasteiger partial charge in [-0.25, -0.2) is 0 Å². The predicted molar refractivity (Wildman–Crippen MR) is 71.7 cm³/mol. The summed E-state index contributed by atoms with van der Waals surface area (Å²) in [6.07, 6.45) is 0. The highest BCUT2D eigenvalue weighted by molar-refractivity contribution is 5.61. The zero-order valence-corrected chi connectivity index (χ0v) is 11.5. The van der Waals surface area contributed by atoms with Gasteiger partial charge in [0.1, 0.15) is 11.8 Å². The fraction of sp³-hybridized carbons (Fsp3) is 0.500. The minimum atomic E-state index is -0.928. The molecule has 4 heteroatoms. The zero-order chi connectivity index (χ0) is 14.0. The van der Waals surface area contributed by atoms with Crippen LogP contribution in [0.3, 0.4) is 0 Å². The smallest absolute Gasteiger partial charge is 0.121 e. The molecule has 0 amide bonds. The van der Waals surface area contributed by atoms with E-state index in [0.29, 0.717) is 17.0 Å². The van der Waals surface area contributed by atoms with Crippen molar-refractivity contribution in [2.24, 2.45) is 0 Å². The molecule has 0 unspecified atom stereocenters. The summed E-state index contributed by atoms with van der Waals surface area (Å²) >= 11 is 0. The van der Waals surface area contributed by atoms with E-state index in [9.17, 15) is 5.11 Å². The van der Waals surface area contributed by atoms with Crippen LogP contribution in [0.2, 0.25) is 0 Å². The fourth-order valence-corrected chi connectivity index (χ4v) is 1.34. The van der Waals surface area contributed by atoms with Crippen LogP contribution in [0.15, 0.2) is 18.2 Å². The summed E-state index contributed by atoms with van der Waals surface area (Å²) in [5.41, 5.74) is -0.328. The molecule has 0 aliphatic heterocycles. The van der Waals surface area contributed by atoms with Gasteiger partial charge in [0.2, 0.25) is 0 Å². The van der Waals surface area contributed by atoms with Crippen molar-refractivity contribution in [3.63, 3.8) is 0 Å². The van der Waals surface area contributed by atoms with Crippen molar-refractivity contribution in [3.8, 4) is 11.8 Å². The third kappa shape index (κ3) is 2.93. The number of aliphatic hydroxyl groups is 1. The lowest BCUT2D eigenvalue weighted by atomic mass is 9.85. The Bertz CT molecular complexity index is 468. The number of hydrogen-bond acceptors (Lipinski definition) is 4. The van der Waals surface area contributed by atoms with Gasteiger partial charge in [0, 0.05) is 6.07 Å². The van der Waals surface area contributed by atoms with Gasteiger partial charge in [-0.05, 0) is 39.8 Å². The SMILES string of the molecule is COc1ccc(C#N)c(NC(C)(C)C(C)(C)O)c1. The molecule has 0 fully saturated rings.